The van der Waals surface area contributed by atoms with E-state index in [9.17, 15) is 27.9 Å². The van der Waals surface area contributed by atoms with Gasteiger partial charge in [0.2, 0.25) is 5.72 Å². The van der Waals surface area contributed by atoms with E-state index < -0.39 is 35.7 Å². The maximum absolute atomic E-state index is 13.6. The molecule has 0 bridgehead atoms. The molecule has 32 heavy (non-hydrogen) atoms. The molecule has 2 aromatic carbocycles. The smallest absolute Gasteiger partial charge is 0.437 e. The third kappa shape index (κ3) is 4.46. The molecule has 7 nitrogen and oxygen atoms in total. The van der Waals surface area contributed by atoms with Gasteiger partial charge in [-0.3, -0.25) is 4.79 Å². The summed E-state index contributed by atoms with van der Waals surface area (Å²) in [6, 6.07) is 8.43. The van der Waals surface area contributed by atoms with Crippen LogP contribution >= 0.6 is 11.6 Å². The van der Waals surface area contributed by atoms with Gasteiger partial charge in [-0.1, -0.05) is 35.9 Å². The van der Waals surface area contributed by atoms with Gasteiger partial charge in [-0.05, 0) is 30.7 Å². The van der Waals surface area contributed by atoms with Crippen molar-refractivity contribution >= 4 is 23.4 Å². The normalized spacial score (nSPS) is 23.2. The van der Waals surface area contributed by atoms with Gasteiger partial charge in [0, 0.05) is 10.6 Å². The van der Waals surface area contributed by atoms with Crippen LogP contribution in [0, 0.1) is 5.92 Å². The van der Waals surface area contributed by atoms with Gasteiger partial charge in [0.25, 0.3) is 0 Å². The monoisotopic (exact) mass is 472 g/mol. The van der Waals surface area contributed by atoms with Crippen molar-refractivity contribution in [3.05, 3.63) is 58.6 Å². The molecule has 1 aliphatic heterocycles. The number of benzene rings is 2. The Kier molecular flexibility index (Phi) is 6.56. The highest BCUT2D eigenvalue weighted by atomic mass is 35.5. The summed E-state index contributed by atoms with van der Waals surface area (Å²) in [4.78, 5) is 24.1. The number of hydrogen-bond acceptors (Lipinski definition) is 5. The average molecular weight is 473 g/mol. The first-order valence-electron chi connectivity index (χ1n) is 9.40. The molecular formula is C21H20ClF3N2O5. The quantitative estimate of drug-likeness (QED) is 0.595. The maximum Gasteiger partial charge on any atom is 0.437 e. The number of alkyl halides is 3. The number of methoxy groups -OCH3 is 1. The Hall–Kier alpha value is -2.98. The zero-order valence-electron chi connectivity index (χ0n) is 17.0. The van der Waals surface area contributed by atoms with Crippen LogP contribution in [0.3, 0.4) is 0 Å². The number of Topliss-reactive ketones (excluding diaryl/α,β-unsaturated/α-hetero) is 1. The second-order valence-corrected chi connectivity index (χ2v) is 7.63. The molecule has 1 aliphatic rings. The fourth-order valence-corrected chi connectivity index (χ4v) is 3.76. The maximum atomic E-state index is 13.6. The molecule has 2 aromatic rings. The third-order valence-electron chi connectivity index (χ3n) is 5.13. The predicted molar refractivity (Wildman–Crippen MR) is 108 cm³/mol. The van der Waals surface area contributed by atoms with E-state index in [0.29, 0.717) is 10.6 Å². The van der Waals surface area contributed by atoms with Crippen LogP contribution in [0.2, 0.25) is 5.02 Å². The second-order valence-electron chi connectivity index (χ2n) is 7.22. The number of carbonyl (C=O) groups excluding carboxylic acids is 2. The van der Waals surface area contributed by atoms with E-state index in [1.165, 1.54) is 30.6 Å². The van der Waals surface area contributed by atoms with E-state index in [1.54, 1.807) is 24.3 Å². The van der Waals surface area contributed by atoms with Crippen LogP contribution in [0.15, 0.2) is 42.5 Å². The van der Waals surface area contributed by atoms with E-state index in [-0.39, 0.29) is 23.7 Å². The number of nitrogens with one attached hydrogen (secondary N) is 2. The van der Waals surface area contributed by atoms with Crippen LogP contribution in [-0.2, 0) is 11.4 Å². The molecular weight excluding hydrogens is 453 g/mol. The standard InChI is InChI=1S/C21H20ClF3N2O5/c1-11(28)17-18(26-19(29)27-20(17,30)21(23,24)25)12-7-8-15(16(9-12)31-2)32-10-13-5-3-4-6-14(13)22/h3-9,17-18,30H,10H2,1-2H3,(H2,26,27,29)/t17-,18+,20+/m0/s1. The minimum atomic E-state index is -5.29. The first kappa shape index (κ1) is 23.7. The molecule has 11 heteroatoms. The van der Waals surface area contributed by atoms with Gasteiger partial charge >= 0.3 is 12.2 Å². The van der Waals surface area contributed by atoms with Gasteiger partial charge in [-0.25, -0.2) is 4.79 Å². The number of urea groups is 1. The molecule has 1 fully saturated rings. The Morgan fingerprint density at radius 2 is 1.91 bits per heavy atom. The van der Waals surface area contributed by atoms with Crippen molar-refractivity contribution in [3.8, 4) is 11.5 Å². The zero-order valence-corrected chi connectivity index (χ0v) is 17.8. The topological polar surface area (TPSA) is 96.9 Å². The van der Waals surface area contributed by atoms with Gasteiger partial charge in [0.05, 0.1) is 19.1 Å². The van der Waals surface area contributed by atoms with Crippen LogP contribution in [-0.4, -0.2) is 35.9 Å². The molecule has 1 heterocycles. The van der Waals surface area contributed by atoms with E-state index in [1.807, 2.05) is 0 Å². The highest BCUT2D eigenvalue weighted by Crippen LogP contribution is 2.44. The lowest BCUT2D eigenvalue weighted by molar-refractivity contribution is -0.290. The molecule has 0 aromatic heterocycles. The highest BCUT2D eigenvalue weighted by molar-refractivity contribution is 6.31. The van der Waals surface area contributed by atoms with Gasteiger partial charge in [0.15, 0.2) is 11.5 Å². The summed E-state index contributed by atoms with van der Waals surface area (Å²) in [5.41, 5.74) is -2.92. The summed E-state index contributed by atoms with van der Waals surface area (Å²) in [6.45, 7) is 1.01. The molecule has 3 rings (SSSR count). The number of halogens is 4. The van der Waals surface area contributed by atoms with Crippen LogP contribution in [0.4, 0.5) is 18.0 Å². The summed E-state index contributed by atoms with van der Waals surface area (Å²) in [7, 11) is 1.33. The Morgan fingerprint density at radius 1 is 1.22 bits per heavy atom. The number of hydrogen-bond donors (Lipinski definition) is 3. The van der Waals surface area contributed by atoms with E-state index in [2.05, 4.69) is 5.32 Å². The molecule has 0 spiro atoms. The lowest BCUT2D eigenvalue weighted by atomic mass is 9.79. The fraction of sp³-hybridized carbons (Fsp3) is 0.333. The minimum Gasteiger partial charge on any atom is -0.493 e. The average Bonchev–Trinajstić information content (AvgIpc) is 2.71. The van der Waals surface area contributed by atoms with E-state index in [4.69, 9.17) is 21.1 Å². The first-order chi connectivity index (χ1) is 15.0. The lowest BCUT2D eigenvalue weighted by Crippen LogP contribution is -2.72. The summed E-state index contributed by atoms with van der Waals surface area (Å²) in [6.07, 6.45) is -5.29. The van der Waals surface area contributed by atoms with Crippen molar-refractivity contribution in [3.63, 3.8) is 0 Å². The van der Waals surface area contributed by atoms with Crippen LogP contribution < -0.4 is 20.1 Å². The number of aliphatic hydroxyl groups is 1. The summed E-state index contributed by atoms with van der Waals surface area (Å²) in [5, 5.41) is 14.5. The Balaban J connectivity index is 1.94. The third-order valence-corrected chi connectivity index (χ3v) is 5.50. The zero-order chi connectivity index (χ0) is 23.7. The van der Waals surface area contributed by atoms with Crippen LogP contribution in [0.1, 0.15) is 24.1 Å². The summed E-state index contributed by atoms with van der Waals surface area (Å²) >= 11 is 6.11. The first-order valence-corrected chi connectivity index (χ1v) is 9.78. The van der Waals surface area contributed by atoms with Crippen molar-refractivity contribution in [2.24, 2.45) is 5.92 Å². The number of amides is 2. The van der Waals surface area contributed by atoms with Crippen LogP contribution in [0.5, 0.6) is 11.5 Å². The second kappa shape index (κ2) is 8.87. The van der Waals surface area contributed by atoms with E-state index in [0.717, 1.165) is 6.92 Å². The molecule has 1 saturated heterocycles. The SMILES string of the molecule is COc1cc([C@H]2NC(=O)N[C@](O)(C(F)(F)F)[C@H]2C(C)=O)ccc1OCc1ccccc1Cl. The molecule has 3 N–H and O–H groups in total. The van der Waals surface area contributed by atoms with Gasteiger partial charge in [0.1, 0.15) is 12.4 Å². The number of carbonyl (C=O) groups is 2. The number of ketones is 1. The number of rotatable bonds is 6. The van der Waals surface area contributed by atoms with Gasteiger partial charge < -0.3 is 25.2 Å². The summed E-state index contributed by atoms with van der Waals surface area (Å²) in [5.74, 6) is -2.60. The molecule has 0 radical (unpaired) electrons. The fourth-order valence-electron chi connectivity index (χ4n) is 3.57. The van der Waals surface area contributed by atoms with Gasteiger partial charge in [-0.2, -0.15) is 13.2 Å². The number of ether oxygens (including phenoxy) is 2. The molecule has 2 amide bonds. The Bertz CT molecular complexity index is 1030. The Morgan fingerprint density at radius 3 is 2.50 bits per heavy atom. The van der Waals surface area contributed by atoms with E-state index >= 15 is 0 Å². The van der Waals surface area contributed by atoms with Crippen LogP contribution in [0.25, 0.3) is 0 Å². The van der Waals surface area contributed by atoms with Crippen molar-refractivity contribution in [2.45, 2.75) is 31.5 Å². The van der Waals surface area contributed by atoms with Crippen molar-refractivity contribution in [1.82, 2.24) is 10.6 Å². The highest BCUT2D eigenvalue weighted by Gasteiger charge is 2.65. The molecule has 3 atom stereocenters. The molecule has 172 valence electrons. The molecule has 0 saturated carbocycles. The summed E-state index contributed by atoms with van der Waals surface area (Å²) < 4.78 is 51.8. The van der Waals surface area contributed by atoms with Crippen molar-refractivity contribution in [2.75, 3.05) is 7.11 Å². The predicted octanol–water partition coefficient (Wildman–Crippen LogP) is 3.74. The minimum absolute atomic E-state index is 0.101. The van der Waals surface area contributed by atoms with Gasteiger partial charge in [-0.15, -0.1) is 0 Å². The van der Waals surface area contributed by atoms with Crippen molar-refractivity contribution < 1.29 is 37.3 Å². The largest absolute Gasteiger partial charge is 0.493 e. The lowest BCUT2D eigenvalue weighted by Gasteiger charge is -2.44. The molecule has 0 unspecified atom stereocenters. The van der Waals surface area contributed by atoms with Crippen molar-refractivity contribution in [1.29, 1.82) is 0 Å². The molecule has 0 aliphatic carbocycles. The Labute approximate surface area is 186 Å².